The third-order valence-corrected chi connectivity index (χ3v) is 7.27. The Morgan fingerprint density at radius 2 is 1.78 bits per heavy atom. The molecule has 2 aromatic carbocycles. The zero-order chi connectivity index (χ0) is 22.1. The van der Waals surface area contributed by atoms with Gasteiger partial charge < -0.3 is 9.26 Å². The molecule has 0 bridgehead atoms. The third-order valence-electron chi connectivity index (χ3n) is 5.28. The quantitative estimate of drug-likeness (QED) is 0.445. The number of hydrogen-bond acceptors (Lipinski definition) is 7. The lowest BCUT2D eigenvalue weighted by Gasteiger charge is -2.38. The first-order valence-corrected chi connectivity index (χ1v) is 11.5. The van der Waals surface area contributed by atoms with Gasteiger partial charge in [-0.1, -0.05) is 23.4 Å². The molecule has 1 aliphatic rings. The van der Waals surface area contributed by atoms with Crippen LogP contribution in [-0.2, 0) is 10.0 Å². The van der Waals surface area contributed by atoms with Gasteiger partial charge in [-0.25, -0.2) is 8.42 Å². The van der Waals surface area contributed by atoms with E-state index in [4.69, 9.17) is 9.26 Å². The molecule has 1 saturated heterocycles. The average molecular weight is 449 g/mol. The highest BCUT2D eigenvalue weighted by molar-refractivity contribution is 7.89. The molecule has 32 heavy (non-hydrogen) atoms. The van der Waals surface area contributed by atoms with E-state index in [-0.39, 0.29) is 6.10 Å². The minimum absolute atomic E-state index is 0.193. The van der Waals surface area contributed by atoms with Crippen molar-refractivity contribution < 1.29 is 17.7 Å². The summed E-state index contributed by atoms with van der Waals surface area (Å²) in [6.45, 7) is 2.43. The van der Waals surface area contributed by atoms with Gasteiger partial charge in [0, 0.05) is 18.0 Å². The van der Waals surface area contributed by atoms with Gasteiger partial charge in [-0.2, -0.15) is 9.29 Å². The number of rotatable bonds is 6. The molecule has 0 amide bonds. The fourth-order valence-corrected chi connectivity index (χ4v) is 5.21. The molecule has 0 atom stereocenters. The minimum Gasteiger partial charge on any atom is -0.488 e. The van der Waals surface area contributed by atoms with Crippen LogP contribution >= 0.6 is 0 Å². The van der Waals surface area contributed by atoms with Crippen LogP contribution in [0.5, 0.6) is 5.75 Å². The van der Waals surface area contributed by atoms with Gasteiger partial charge in [0.15, 0.2) is 0 Å². The first-order chi connectivity index (χ1) is 15.5. The summed E-state index contributed by atoms with van der Waals surface area (Å²) in [6, 6.07) is 18.0. The highest BCUT2D eigenvalue weighted by atomic mass is 32.2. The molecular weight excluding hydrogens is 428 g/mol. The number of pyridine rings is 1. The van der Waals surface area contributed by atoms with E-state index >= 15 is 0 Å². The number of aryl methyl sites for hydroxylation is 1. The molecule has 8 nitrogen and oxygen atoms in total. The van der Waals surface area contributed by atoms with Crippen LogP contribution in [0.25, 0.3) is 22.8 Å². The van der Waals surface area contributed by atoms with Crippen molar-refractivity contribution in [2.75, 3.05) is 13.1 Å². The molecule has 2 aromatic heterocycles. The van der Waals surface area contributed by atoms with Crippen LogP contribution in [0, 0.1) is 6.92 Å². The Morgan fingerprint density at radius 1 is 1.00 bits per heavy atom. The predicted octanol–water partition coefficient (Wildman–Crippen LogP) is 3.56. The maximum absolute atomic E-state index is 12.8. The lowest BCUT2D eigenvalue weighted by atomic mass is 10.2. The van der Waals surface area contributed by atoms with E-state index in [1.807, 2.05) is 36.4 Å². The molecule has 0 unspecified atom stereocenters. The van der Waals surface area contributed by atoms with Crippen molar-refractivity contribution >= 4 is 10.0 Å². The molecule has 3 heterocycles. The molecule has 0 radical (unpaired) electrons. The number of benzene rings is 2. The van der Waals surface area contributed by atoms with Crippen LogP contribution in [0.1, 0.15) is 5.56 Å². The second-order valence-corrected chi connectivity index (χ2v) is 9.42. The number of hydrogen-bond donors (Lipinski definition) is 0. The summed E-state index contributed by atoms with van der Waals surface area (Å²) in [6.07, 6.45) is 3.15. The molecule has 9 heteroatoms. The number of nitrogens with zero attached hydrogens (tertiary/aromatic N) is 4. The van der Waals surface area contributed by atoms with E-state index in [9.17, 15) is 8.42 Å². The molecule has 0 spiro atoms. The topological polar surface area (TPSA) is 98.4 Å². The average Bonchev–Trinajstić information content (AvgIpc) is 3.27. The van der Waals surface area contributed by atoms with E-state index in [1.165, 1.54) is 4.31 Å². The van der Waals surface area contributed by atoms with Crippen molar-refractivity contribution in [1.29, 1.82) is 0 Å². The fourth-order valence-electron chi connectivity index (χ4n) is 3.48. The van der Waals surface area contributed by atoms with E-state index in [0.717, 1.165) is 16.7 Å². The normalized spacial score (nSPS) is 14.8. The molecule has 1 fully saturated rings. The standard InChI is InChI=1S/C23H20N4O4S/c1-16-5-2-3-7-21(16)32(28,29)27-14-20(15-27)30-19-10-8-17(9-11-19)22-25-23(31-26-22)18-6-4-12-24-13-18/h2-13,20H,14-15H2,1H3. The van der Waals surface area contributed by atoms with Gasteiger partial charge in [-0.3, -0.25) is 4.98 Å². The van der Waals surface area contributed by atoms with Gasteiger partial charge >= 0.3 is 0 Å². The van der Waals surface area contributed by atoms with Gasteiger partial charge in [-0.15, -0.1) is 0 Å². The maximum Gasteiger partial charge on any atom is 0.259 e. The summed E-state index contributed by atoms with van der Waals surface area (Å²) >= 11 is 0. The first-order valence-electron chi connectivity index (χ1n) is 10.1. The summed E-state index contributed by atoms with van der Waals surface area (Å²) in [4.78, 5) is 8.80. The van der Waals surface area contributed by atoms with Gasteiger partial charge in [0.2, 0.25) is 15.8 Å². The summed E-state index contributed by atoms with van der Waals surface area (Å²) in [5.41, 5.74) is 2.27. The minimum atomic E-state index is -3.50. The zero-order valence-electron chi connectivity index (χ0n) is 17.2. The van der Waals surface area contributed by atoms with Gasteiger partial charge in [-0.05, 0) is 55.0 Å². The third kappa shape index (κ3) is 3.88. The number of ether oxygens (including phenoxy) is 1. The van der Waals surface area contributed by atoms with Crippen molar-refractivity contribution in [1.82, 2.24) is 19.4 Å². The van der Waals surface area contributed by atoms with Crippen LogP contribution in [0.3, 0.4) is 0 Å². The van der Waals surface area contributed by atoms with E-state index in [2.05, 4.69) is 15.1 Å². The zero-order valence-corrected chi connectivity index (χ0v) is 18.1. The highest BCUT2D eigenvalue weighted by Gasteiger charge is 2.38. The second kappa shape index (κ2) is 8.18. The van der Waals surface area contributed by atoms with Crippen molar-refractivity contribution in [3.63, 3.8) is 0 Å². The maximum atomic E-state index is 12.8. The molecule has 0 aliphatic carbocycles. The van der Waals surface area contributed by atoms with Crippen LogP contribution in [0.15, 0.2) is 82.5 Å². The summed E-state index contributed by atoms with van der Waals surface area (Å²) < 4.78 is 38.3. The van der Waals surface area contributed by atoms with Crippen molar-refractivity contribution in [3.8, 4) is 28.6 Å². The Bertz CT molecular complexity index is 1330. The highest BCUT2D eigenvalue weighted by Crippen LogP contribution is 2.28. The molecular formula is C23H20N4O4S. The molecule has 0 saturated carbocycles. The summed E-state index contributed by atoms with van der Waals surface area (Å²) in [5.74, 6) is 1.52. The van der Waals surface area contributed by atoms with Crippen LogP contribution in [0.4, 0.5) is 0 Å². The lowest BCUT2D eigenvalue weighted by molar-refractivity contribution is 0.0762. The Labute approximate surface area is 185 Å². The first kappa shape index (κ1) is 20.3. The van der Waals surface area contributed by atoms with Crippen LogP contribution in [0.2, 0.25) is 0 Å². The number of aromatic nitrogens is 3. The van der Waals surface area contributed by atoms with Crippen molar-refractivity contribution in [2.45, 2.75) is 17.9 Å². The molecule has 0 N–H and O–H groups in total. The lowest BCUT2D eigenvalue weighted by Crippen LogP contribution is -2.56. The van der Waals surface area contributed by atoms with E-state index in [0.29, 0.717) is 35.4 Å². The predicted molar refractivity (Wildman–Crippen MR) is 117 cm³/mol. The summed E-state index contributed by atoms with van der Waals surface area (Å²) in [5, 5.41) is 4.03. The Hall–Kier alpha value is -3.56. The fraction of sp³-hybridized carbons (Fsp3) is 0.174. The number of sulfonamides is 1. The largest absolute Gasteiger partial charge is 0.488 e. The smallest absolute Gasteiger partial charge is 0.259 e. The van der Waals surface area contributed by atoms with E-state index < -0.39 is 10.0 Å². The Morgan fingerprint density at radius 3 is 2.50 bits per heavy atom. The van der Waals surface area contributed by atoms with Crippen molar-refractivity contribution in [3.05, 3.63) is 78.6 Å². The molecule has 162 valence electrons. The molecule has 1 aliphatic heterocycles. The van der Waals surface area contributed by atoms with Crippen molar-refractivity contribution in [2.24, 2.45) is 0 Å². The molecule has 5 rings (SSSR count). The Kier molecular flexibility index (Phi) is 5.20. The second-order valence-electron chi connectivity index (χ2n) is 7.52. The van der Waals surface area contributed by atoms with Gasteiger partial charge in [0.1, 0.15) is 11.9 Å². The Balaban J connectivity index is 1.21. The van der Waals surface area contributed by atoms with Crippen LogP contribution < -0.4 is 4.74 Å². The SMILES string of the molecule is Cc1ccccc1S(=O)(=O)N1CC(Oc2ccc(-c3noc(-c4cccnc4)n3)cc2)C1. The van der Waals surface area contributed by atoms with Crippen LogP contribution in [-0.4, -0.2) is 47.0 Å². The molecule has 4 aromatic rings. The summed E-state index contributed by atoms with van der Waals surface area (Å²) in [7, 11) is -3.50. The van der Waals surface area contributed by atoms with Gasteiger partial charge in [0.05, 0.1) is 23.5 Å². The van der Waals surface area contributed by atoms with E-state index in [1.54, 1.807) is 43.6 Å². The monoisotopic (exact) mass is 448 g/mol. The van der Waals surface area contributed by atoms with Gasteiger partial charge in [0.25, 0.3) is 5.89 Å².